The van der Waals surface area contributed by atoms with Gasteiger partial charge in [0.1, 0.15) is 0 Å². The van der Waals surface area contributed by atoms with Crippen molar-refractivity contribution in [2.24, 2.45) is 17.3 Å². The van der Waals surface area contributed by atoms with Crippen molar-refractivity contribution >= 4 is 11.9 Å². The van der Waals surface area contributed by atoms with Gasteiger partial charge in [-0.3, -0.25) is 14.5 Å². The lowest BCUT2D eigenvalue weighted by Gasteiger charge is -2.24. The molecule has 0 aromatic heterocycles. The smallest absolute Gasteiger partial charge is 0.320 e. The molecule has 0 unspecified atom stereocenters. The summed E-state index contributed by atoms with van der Waals surface area (Å²) in [6, 6.07) is 0.462. The van der Waals surface area contributed by atoms with E-state index in [0.717, 1.165) is 32.7 Å². The largest absolute Gasteiger partial charge is 0.465 e. The van der Waals surface area contributed by atoms with E-state index in [1.54, 1.807) is 13.8 Å². The van der Waals surface area contributed by atoms with Crippen molar-refractivity contribution in [3.8, 4) is 0 Å². The third-order valence-corrected chi connectivity index (χ3v) is 5.21. The van der Waals surface area contributed by atoms with Crippen LogP contribution < -0.4 is 0 Å². The first-order valence-electron chi connectivity index (χ1n) is 9.05. The molecule has 138 valence electrons. The van der Waals surface area contributed by atoms with E-state index in [1.807, 2.05) is 0 Å². The average molecular weight is 341 g/mol. The number of ether oxygens (including phenoxy) is 3. The van der Waals surface area contributed by atoms with Gasteiger partial charge in [0.2, 0.25) is 0 Å². The van der Waals surface area contributed by atoms with E-state index in [4.69, 9.17) is 14.2 Å². The highest BCUT2D eigenvalue weighted by atomic mass is 16.6. The Bertz CT molecular complexity index is 433. The van der Waals surface area contributed by atoms with Gasteiger partial charge in [0, 0.05) is 18.5 Å². The topological polar surface area (TPSA) is 65.1 Å². The number of esters is 2. The summed E-state index contributed by atoms with van der Waals surface area (Å²) in [5, 5.41) is 0. The van der Waals surface area contributed by atoms with E-state index in [2.05, 4.69) is 18.7 Å². The molecule has 0 aromatic carbocycles. The molecule has 2 fully saturated rings. The quantitative estimate of drug-likeness (QED) is 0.496. The van der Waals surface area contributed by atoms with Crippen LogP contribution in [-0.2, 0) is 23.8 Å². The van der Waals surface area contributed by atoms with Gasteiger partial charge in [-0.1, -0.05) is 13.8 Å². The van der Waals surface area contributed by atoms with E-state index >= 15 is 0 Å². The molecule has 2 heterocycles. The van der Waals surface area contributed by atoms with Crippen molar-refractivity contribution in [1.29, 1.82) is 0 Å². The first-order chi connectivity index (χ1) is 11.4. The van der Waals surface area contributed by atoms with Crippen LogP contribution in [0.5, 0.6) is 0 Å². The summed E-state index contributed by atoms with van der Waals surface area (Å²) < 4.78 is 15.7. The van der Waals surface area contributed by atoms with Crippen molar-refractivity contribution in [2.45, 2.75) is 46.6 Å². The summed E-state index contributed by atoms with van der Waals surface area (Å²) in [6.07, 6.45) is 1.23. The van der Waals surface area contributed by atoms with E-state index in [9.17, 15) is 9.59 Å². The van der Waals surface area contributed by atoms with Crippen LogP contribution in [-0.4, -0.2) is 62.4 Å². The van der Waals surface area contributed by atoms with Crippen LogP contribution in [0.3, 0.4) is 0 Å². The molecule has 0 N–H and O–H groups in total. The highest BCUT2D eigenvalue weighted by Crippen LogP contribution is 2.43. The lowest BCUT2D eigenvalue weighted by molar-refractivity contribution is -0.162. The van der Waals surface area contributed by atoms with Crippen LogP contribution in [0.25, 0.3) is 0 Å². The normalized spacial score (nSPS) is 25.7. The molecule has 0 saturated carbocycles. The predicted octanol–water partition coefficient (Wildman–Crippen LogP) is 1.87. The molecule has 2 rings (SSSR count). The molecule has 2 aliphatic heterocycles. The SMILES string of the molecule is CCOC(=O)C(CCCN1CC(C)(C)[C@@H]2COC[C@@H]21)C(=O)OCC. The van der Waals surface area contributed by atoms with Crippen LogP contribution in [0.15, 0.2) is 0 Å². The van der Waals surface area contributed by atoms with Gasteiger partial charge in [-0.2, -0.15) is 0 Å². The monoisotopic (exact) mass is 341 g/mol. The summed E-state index contributed by atoms with van der Waals surface area (Å²) in [4.78, 5) is 26.5. The minimum absolute atomic E-state index is 0.253. The fourth-order valence-corrected chi connectivity index (χ4v) is 3.97. The molecular formula is C18H31NO5. The van der Waals surface area contributed by atoms with E-state index in [1.165, 1.54) is 0 Å². The van der Waals surface area contributed by atoms with Crippen LogP contribution >= 0.6 is 0 Å². The zero-order chi connectivity index (χ0) is 17.7. The van der Waals surface area contributed by atoms with Crippen molar-refractivity contribution < 1.29 is 23.8 Å². The Balaban J connectivity index is 1.88. The third kappa shape index (κ3) is 4.28. The van der Waals surface area contributed by atoms with Gasteiger partial charge >= 0.3 is 11.9 Å². The number of hydrogen-bond donors (Lipinski definition) is 0. The number of hydrogen-bond acceptors (Lipinski definition) is 6. The zero-order valence-corrected chi connectivity index (χ0v) is 15.4. The molecule has 0 radical (unpaired) electrons. The van der Waals surface area contributed by atoms with Gasteiger partial charge in [-0.25, -0.2) is 0 Å². The maximum absolute atomic E-state index is 12.0. The maximum Gasteiger partial charge on any atom is 0.320 e. The summed E-state index contributed by atoms with van der Waals surface area (Å²) in [5.74, 6) is -1.18. The second kappa shape index (κ2) is 8.30. The molecule has 0 bridgehead atoms. The second-order valence-corrected chi connectivity index (χ2v) is 7.37. The maximum atomic E-state index is 12.0. The van der Waals surface area contributed by atoms with Gasteiger partial charge in [-0.05, 0) is 38.6 Å². The van der Waals surface area contributed by atoms with E-state index in [-0.39, 0.29) is 18.6 Å². The Morgan fingerprint density at radius 1 is 1.17 bits per heavy atom. The Kier molecular flexibility index (Phi) is 6.63. The molecule has 2 saturated heterocycles. The molecule has 6 heteroatoms. The summed E-state index contributed by atoms with van der Waals surface area (Å²) >= 11 is 0. The first-order valence-corrected chi connectivity index (χ1v) is 9.05. The Labute approximate surface area is 144 Å². The van der Waals surface area contributed by atoms with Crippen molar-refractivity contribution in [3.05, 3.63) is 0 Å². The van der Waals surface area contributed by atoms with Gasteiger partial charge in [-0.15, -0.1) is 0 Å². The van der Waals surface area contributed by atoms with Gasteiger partial charge < -0.3 is 14.2 Å². The van der Waals surface area contributed by atoms with E-state index < -0.39 is 17.9 Å². The lowest BCUT2D eigenvalue weighted by atomic mass is 9.80. The first kappa shape index (κ1) is 19.2. The van der Waals surface area contributed by atoms with Crippen LogP contribution in [0, 0.1) is 17.3 Å². The van der Waals surface area contributed by atoms with Crippen molar-refractivity contribution in [1.82, 2.24) is 4.90 Å². The van der Waals surface area contributed by atoms with Crippen LogP contribution in [0.1, 0.15) is 40.5 Å². The molecular weight excluding hydrogens is 310 g/mol. The number of nitrogens with zero attached hydrogens (tertiary/aromatic N) is 1. The molecule has 0 amide bonds. The number of fused-ring (bicyclic) bond motifs is 1. The molecule has 24 heavy (non-hydrogen) atoms. The molecule has 2 aliphatic rings. The zero-order valence-electron chi connectivity index (χ0n) is 15.4. The number of likely N-dealkylation sites (tertiary alicyclic amines) is 1. The summed E-state index contributed by atoms with van der Waals surface area (Å²) in [7, 11) is 0. The van der Waals surface area contributed by atoms with Crippen molar-refractivity contribution in [2.75, 3.05) is 39.5 Å². The minimum Gasteiger partial charge on any atom is -0.465 e. The fraction of sp³-hybridized carbons (Fsp3) is 0.889. The Morgan fingerprint density at radius 2 is 1.79 bits per heavy atom. The van der Waals surface area contributed by atoms with E-state index in [0.29, 0.717) is 18.4 Å². The second-order valence-electron chi connectivity index (χ2n) is 7.37. The lowest BCUT2D eigenvalue weighted by Crippen LogP contribution is -2.35. The summed E-state index contributed by atoms with van der Waals surface area (Å²) in [5.41, 5.74) is 0.253. The van der Waals surface area contributed by atoms with Gasteiger partial charge in [0.25, 0.3) is 0 Å². The Morgan fingerprint density at radius 3 is 2.38 bits per heavy atom. The van der Waals surface area contributed by atoms with Crippen molar-refractivity contribution in [3.63, 3.8) is 0 Å². The number of carbonyl (C=O) groups excluding carboxylic acids is 2. The van der Waals surface area contributed by atoms with Gasteiger partial charge in [0.15, 0.2) is 5.92 Å². The standard InChI is InChI=1S/C18H31NO5/c1-5-23-16(20)13(17(21)24-6-2)8-7-9-19-12-18(3,4)14-10-22-11-15(14)19/h13-15H,5-12H2,1-4H3/t14-,15+/m1/s1. The average Bonchev–Trinajstić information content (AvgIpc) is 3.08. The van der Waals surface area contributed by atoms with Crippen LogP contribution in [0.2, 0.25) is 0 Å². The van der Waals surface area contributed by atoms with Gasteiger partial charge in [0.05, 0.1) is 26.4 Å². The highest BCUT2D eigenvalue weighted by molar-refractivity contribution is 5.94. The van der Waals surface area contributed by atoms with Crippen LogP contribution in [0.4, 0.5) is 0 Å². The Hall–Kier alpha value is -1.14. The third-order valence-electron chi connectivity index (χ3n) is 5.21. The fourth-order valence-electron chi connectivity index (χ4n) is 3.97. The summed E-state index contributed by atoms with van der Waals surface area (Å²) in [6.45, 7) is 12.1. The molecule has 2 atom stereocenters. The highest BCUT2D eigenvalue weighted by Gasteiger charge is 2.49. The number of carbonyl (C=O) groups is 2. The molecule has 0 spiro atoms. The predicted molar refractivity (Wildman–Crippen MR) is 89.4 cm³/mol. The number of rotatable bonds is 8. The molecule has 0 aliphatic carbocycles. The molecule has 0 aromatic rings. The molecule has 6 nitrogen and oxygen atoms in total. The minimum atomic E-state index is -0.809.